The molecular weight excluding hydrogens is 374 g/mol. The van der Waals surface area contributed by atoms with Gasteiger partial charge in [-0.2, -0.15) is 0 Å². The third-order valence-corrected chi connectivity index (χ3v) is 6.44. The number of amides is 1. The zero-order valence-corrected chi connectivity index (χ0v) is 16.6. The largest absolute Gasteiger partial charge is 0.335 e. The summed E-state index contributed by atoms with van der Waals surface area (Å²) < 4.78 is 26.7. The zero-order valence-electron chi connectivity index (χ0n) is 15.8. The first kappa shape index (κ1) is 18.7. The molecule has 6 nitrogen and oxygen atoms in total. The Hall–Kier alpha value is -2.67. The molecule has 1 aliphatic carbocycles. The smallest absolute Gasteiger partial charge is 0.263 e. The monoisotopic (exact) mass is 397 g/mol. The number of carbonyl (C=O) groups excluding carboxylic acids is 1. The fourth-order valence-electron chi connectivity index (χ4n) is 3.36. The van der Waals surface area contributed by atoms with Crippen LogP contribution in [0.1, 0.15) is 36.0 Å². The number of rotatable bonds is 6. The number of hydrogen-bond acceptors (Lipinski definition) is 4. The van der Waals surface area contributed by atoms with Crippen LogP contribution in [-0.2, 0) is 21.4 Å². The summed E-state index contributed by atoms with van der Waals surface area (Å²) in [6, 6.07) is 15.3. The molecule has 146 valence electrons. The van der Waals surface area contributed by atoms with Crippen molar-refractivity contribution in [2.24, 2.45) is 4.99 Å². The highest BCUT2D eigenvalue weighted by Gasteiger charge is 2.33. The molecule has 1 heterocycles. The predicted molar refractivity (Wildman–Crippen MR) is 108 cm³/mol. The molecule has 0 spiro atoms. The molecule has 1 N–H and O–H groups in total. The highest BCUT2D eigenvalue weighted by Crippen LogP contribution is 2.29. The van der Waals surface area contributed by atoms with E-state index in [1.807, 2.05) is 11.8 Å². The Labute approximate surface area is 165 Å². The molecule has 0 bridgehead atoms. The fraction of sp³-hybridized carbons (Fsp3) is 0.333. The highest BCUT2D eigenvalue weighted by atomic mass is 32.2. The summed E-state index contributed by atoms with van der Waals surface area (Å²) in [6.45, 7) is 2.90. The molecule has 1 aliphatic heterocycles. The predicted octanol–water partition coefficient (Wildman–Crippen LogP) is 2.61. The van der Waals surface area contributed by atoms with E-state index < -0.39 is 10.0 Å². The van der Waals surface area contributed by atoms with Gasteiger partial charge in [0.25, 0.3) is 10.0 Å². The van der Waals surface area contributed by atoms with E-state index in [4.69, 9.17) is 0 Å². The minimum Gasteiger partial charge on any atom is -0.335 e. The normalized spacial score (nSPS) is 18.5. The first-order valence-electron chi connectivity index (χ1n) is 9.46. The average Bonchev–Trinajstić information content (AvgIpc) is 3.48. The molecule has 7 heteroatoms. The number of sulfonamides is 1. The van der Waals surface area contributed by atoms with Crippen LogP contribution in [0.15, 0.2) is 58.4 Å². The van der Waals surface area contributed by atoms with Gasteiger partial charge in [0.2, 0.25) is 5.91 Å². The van der Waals surface area contributed by atoms with Gasteiger partial charge in [-0.3, -0.25) is 14.5 Å². The Morgan fingerprint density at radius 1 is 1.14 bits per heavy atom. The van der Waals surface area contributed by atoms with Crippen molar-refractivity contribution in [1.29, 1.82) is 0 Å². The molecule has 2 aliphatic rings. The molecule has 28 heavy (non-hydrogen) atoms. The number of nitrogens with one attached hydrogen (secondary N) is 1. The van der Waals surface area contributed by atoms with Gasteiger partial charge in [0, 0.05) is 24.6 Å². The summed E-state index contributed by atoms with van der Waals surface area (Å²) in [4.78, 5) is 19.3. The van der Waals surface area contributed by atoms with Crippen molar-refractivity contribution in [1.82, 2.24) is 9.62 Å². The van der Waals surface area contributed by atoms with Crippen molar-refractivity contribution in [3.63, 3.8) is 0 Å². The lowest BCUT2D eigenvalue weighted by atomic mass is 10.1. The van der Waals surface area contributed by atoms with Crippen LogP contribution in [0.2, 0.25) is 0 Å². The molecule has 0 atom stereocenters. The Kier molecular flexibility index (Phi) is 4.93. The minimum absolute atomic E-state index is 0.0570. The first-order valence-corrected chi connectivity index (χ1v) is 10.9. The second kappa shape index (κ2) is 7.39. The van der Waals surface area contributed by atoms with E-state index in [1.165, 1.54) is 5.56 Å². The number of amidine groups is 1. The number of aryl methyl sites for hydroxylation is 1. The molecule has 1 saturated carbocycles. The van der Waals surface area contributed by atoms with Crippen molar-refractivity contribution >= 4 is 21.8 Å². The average molecular weight is 398 g/mol. The minimum atomic E-state index is -3.55. The molecule has 1 fully saturated rings. The van der Waals surface area contributed by atoms with Gasteiger partial charge in [0.1, 0.15) is 5.84 Å². The molecule has 0 saturated heterocycles. The van der Waals surface area contributed by atoms with Crippen LogP contribution in [0.4, 0.5) is 0 Å². The third-order valence-electron chi connectivity index (χ3n) is 5.04. The van der Waals surface area contributed by atoms with E-state index in [2.05, 4.69) is 34.0 Å². The molecule has 1 amide bonds. The lowest BCUT2D eigenvalue weighted by molar-refractivity contribution is -0.132. The number of nitrogens with zero attached hydrogens (tertiary/aromatic N) is 2. The fourth-order valence-corrected chi connectivity index (χ4v) is 4.61. The van der Waals surface area contributed by atoms with Crippen molar-refractivity contribution in [2.45, 2.75) is 43.7 Å². The maximum Gasteiger partial charge on any atom is 0.263 e. The summed E-state index contributed by atoms with van der Waals surface area (Å²) in [7, 11) is -3.55. The molecule has 0 unspecified atom stereocenters. The van der Waals surface area contributed by atoms with Gasteiger partial charge in [-0.15, -0.1) is 0 Å². The summed E-state index contributed by atoms with van der Waals surface area (Å²) in [5.41, 5.74) is 2.88. The summed E-state index contributed by atoms with van der Waals surface area (Å²) in [5.74, 6) is 0.376. The van der Waals surface area contributed by atoms with Gasteiger partial charge in [0.05, 0.1) is 11.4 Å². The van der Waals surface area contributed by atoms with E-state index in [1.54, 1.807) is 24.3 Å². The van der Waals surface area contributed by atoms with Crippen LogP contribution in [0.5, 0.6) is 0 Å². The number of carbonyl (C=O) groups is 1. The maximum atomic E-state index is 12.8. The molecule has 4 rings (SSSR count). The van der Waals surface area contributed by atoms with Crippen molar-refractivity contribution in [3.8, 4) is 0 Å². The standard InChI is InChI=1S/C21H23N3O3S/c1-15-6-8-16(9-7-15)14-24(17-10-11-17)20(25)12-13-22-21-18-4-2-3-5-19(18)28(26,27)23-21/h2-9,17H,10-14H2,1H3,(H,22,23). The second-order valence-electron chi connectivity index (χ2n) is 7.32. The van der Waals surface area contributed by atoms with Crippen molar-refractivity contribution in [2.75, 3.05) is 6.54 Å². The number of fused-ring (bicyclic) bond motifs is 1. The Morgan fingerprint density at radius 3 is 2.57 bits per heavy atom. The molecule has 0 radical (unpaired) electrons. The number of benzene rings is 2. The van der Waals surface area contributed by atoms with Gasteiger partial charge in [-0.05, 0) is 37.5 Å². The van der Waals surface area contributed by atoms with E-state index in [9.17, 15) is 13.2 Å². The summed E-state index contributed by atoms with van der Waals surface area (Å²) in [5, 5.41) is 0. The van der Waals surface area contributed by atoms with Crippen LogP contribution in [-0.4, -0.2) is 37.6 Å². The molecular formula is C21H23N3O3S. The zero-order chi connectivity index (χ0) is 19.7. The second-order valence-corrected chi connectivity index (χ2v) is 8.97. The Balaban J connectivity index is 1.42. The summed E-state index contributed by atoms with van der Waals surface area (Å²) >= 11 is 0. The number of hydrogen-bond donors (Lipinski definition) is 1. The molecule has 2 aromatic carbocycles. The maximum absolute atomic E-state index is 12.8. The van der Waals surface area contributed by atoms with Crippen LogP contribution in [0.3, 0.4) is 0 Å². The molecule has 2 aromatic rings. The topological polar surface area (TPSA) is 78.8 Å². The lowest BCUT2D eigenvalue weighted by Gasteiger charge is -2.22. The van der Waals surface area contributed by atoms with Crippen molar-refractivity contribution < 1.29 is 13.2 Å². The summed E-state index contributed by atoms with van der Waals surface area (Å²) in [6.07, 6.45) is 2.34. The van der Waals surface area contributed by atoms with Crippen LogP contribution in [0.25, 0.3) is 0 Å². The van der Waals surface area contributed by atoms with E-state index in [-0.39, 0.29) is 23.8 Å². The lowest BCUT2D eigenvalue weighted by Crippen LogP contribution is -2.33. The van der Waals surface area contributed by atoms with Gasteiger partial charge in [0.15, 0.2) is 0 Å². The van der Waals surface area contributed by atoms with Crippen LogP contribution < -0.4 is 4.72 Å². The molecule has 0 aromatic heterocycles. The Morgan fingerprint density at radius 2 is 1.86 bits per heavy atom. The number of aliphatic imine (C=N–C) groups is 1. The van der Waals surface area contributed by atoms with E-state index >= 15 is 0 Å². The van der Waals surface area contributed by atoms with Gasteiger partial charge >= 0.3 is 0 Å². The highest BCUT2D eigenvalue weighted by molar-refractivity contribution is 7.90. The van der Waals surface area contributed by atoms with Crippen LogP contribution in [0, 0.1) is 6.92 Å². The van der Waals surface area contributed by atoms with E-state index in [0.29, 0.717) is 24.0 Å². The Bertz CT molecular complexity index is 1030. The van der Waals surface area contributed by atoms with Crippen LogP contribution >= 0.6 is 0 Å². The van der Waals surface area contributed by atoms with Gasteiger partial charge < -0.3 is 4.90 Å². The first-order chi connectivity index (χ1) is 13.4. The van der Waals surface area contributed by atoms with Gasteiger partial charge in [-0.1, -0.05) is 42.0 Å². The SMILES string of the molecule is Cc1ccc(CN(C(=O)CCN=C2NS(=O)(=O)c3ccccc32)C2CC2)cc1. The quantitative estimate of drug-likeness (QED) is 0.814. The van der Waals surface area contributed by atoms with Gasteiger partial charge in [-0.25, -0.2) is 8.42 Å². The van der Waals surface area contributed by atoms with E-state index in [0.717, 1.165) is 18.4 Å². The third kappa shape index (κ3) is 3.94. The van der Waals surface area contributed by atoms with Crippen molar-refractivity contribution in [3.05, 3.63) is 65.2 Å².